The lowest BCUT2D eigenvalue weighted by Crippen LogP contribution is -2.38. The van der Waals surface area contributed by atoms with Gasteiger partial charge in [0, 0.05) is 15.8 Å². The summed E-state index contributed by atoms with van der Waals surface area (Å²) >= 11 is 1.60. The molecule has 3 heterocycles. The summed E-state index contributed by atoms with van der Waals surface area (Å²) < 4.78 is 22.8. The van der Waals surface area contributed by atoms with Crippen molar-refractivity contribution in [2.75, 3.05) is 5.75 Å². The number of aromatic amines is 1. The average molecular weight is 386 g/mol. The highest BCUT2D eigenvalue weighted by molar-refractivity contribution is 7.94. The predicted octanol–water partition coefficient (Wildman–Crippen LogP) is 2.30. The van der Waals surface area contributed by atoms with Gasteiger partial charge in [-0.1, -0.05) is 18.2 Å². The molecular weight excluding hydrogens is 372 g/mol. The molecule has 1 aliphatic heterocycles. The quantitative estimate of drug-likeness (QED) is 0.722. The number of aromatic nitrogens is 1. The van der Waals surface area contributed by atoms with Crippen LogP contribution >= 0.6 is 11.3 Å². The minimum Gasteiger partial charge on any atom is -0.345 e. The molecule has 6 nitrogen and oxygen atoms in total. The first-order chi connectivity index (χ1) is 12.4. The molecule has 0 spiro atoms. The highest BCUT2D eigenvalue weighted by Gasteiger charge is 2.24. The Morgan fingerprint density at radius 1 is 1.23 bits per heavy atom. The Hall–Kier alpha value is -2.71. The number of H-pyrrole nitrogens is 1. The van der Waals surface area contributed by atoms with Gasteiger partial charge in [-0.25, -0.2) is 8.42 Å². The van der Waals surface area contributed by atoms with Gasteiger partial charge >= 0.3 is 0 Å². The summed E-state index contributed by atoms with van der Waals surface area (Å²) in [5.74, 6) is -0.781. The van der Waals surface area contributed by atoms with Crippen LogP contribution in [0.4, 0.5) is 0 Å². The van der Waals surface area contributed by atoms with E-state index in [1.54, 1.807) is 11.3 Å². The number of amides is 1. The summed E-state index contributed by atoms with van der Waals surface area (Å²) in [5.41, 5.74) is 1.07. The van der Waals surface area contributed by atoms with Gasteiger partial charge in [-0.2, -0.15) is 0 Å². The molecule has 0 aliphatic carbocycles. The van der Waals surface area contributed by atoms with Crippen LogP contribution in [-0.2, 0) is 9.84 Å². The van der Waals surface area contributed by atoms with Crippen LogP contribution in [0.15, 0.2) is 58.1 Å². The fourth-order valence-electron chi connectivity index (χ4n) is 2.88. The monoisotopic (exact) mass is 386 g/mol. The van der Waals surface area contributed by atoms with Gasteiger partial charge in [0.05, 0.1) is 11.8 Å². The third-order valence-corrected chi connectivity index (χ3v) is 6.46. The lowest BCUT2D eigenvalue weighted by Gasteiger charge is -2.10. The zero-order valence-electron chi connectivity index (χ0n) is 13.4. The highest BCUT2D eigenvalue weighted by Crippen LogP contribution is 2.27. The summed E-state index contributed by atoms with van der Waals surface area (Å²) in [4.78, 5) is 28.5. The largest absolute Gasteiger partial charge is 0.345 e. The Kier molecular flexibility index (Phi) is 4.01. The van der Waals surface area contributed by atoms with E-state index in [0.717, 1.165) is 21.2 Å². The van der Waals surface area contributed by atoms with E-state index < -0.39 is 27.3 Å². The van der Waals surface area contributed by atoms with E-state index in [2.05, 4.69) is 10.3 Å². The van der Waals surface area contributed by atoms with Crippen LogP contribution in [0.1, 0.15) is 10.4 Å². The number of nitrogens with one attached hydrogen (secondary N) is 2. The van der Waals surface area contributed by atoms with E-state index in [4.69, 9.17) is 0 Å². The maximum Gasteiger partial charge on any atom is 0.261 e. The molecule has 1 aromatic carbocycles. The van der Waals surface area contributed by atoms with E-state index in [9.17, 15) is 18.0 Å². The van der Waals surface area contributed by atoms with E-state index in [1.807, 2.05) is 35.7 Å². The number of carbonyl (C=O) groups is 1. The second kappa shape index (κ2) is 6.22. The van der Waals surface area contributed by atoms with Crippen molar-refractivity contribution in [3.8, 4) is 10.4 Å². The highest BCUT2D eigenvalue weighted by atomic mass is 32.2. The van der Waals surface area contributed by atoms with Crippen molar-refractivity contribution in [2.24, 2.45) is 0 Å². The number of thiophene rings is 1. The zero-order valence-corrected chi connectivity index (χ0v) is 15.1. The van der Waals surface area contributed by atoms with Gasteiger partial charge < -0.3 is 10.3 Å². The number of fused-ring (bicyclic) bond motifs is 1. The second-order valence-corrected chi connectivity index (χ2v) is 8.91. The molecule has 1 atom stereocenters. The van der Waals surface area contributed by atoms with Gasteiger partial charge in [0.15, 0.2) is 9.84 Å². The molecule has 0 saturated heterocycles. The summed E-state index contributed by atoms with van der Waals surface area (Å²) in [6.07, 6.45) is 1.41. The van der Waals surface area contributed by atoms with E-state index in [1.165, 1.54) is 12.1 Å². The van der Waals surface area contributed by atoms with Crippen LogP contribution in [0.2, 0.25) is 0 Å². The first kappa shape index (κ1) is 16.7. The maximum atomic E-state index is 12.4. The minimum atomic E-state index is -3.27. The summed E-state index contributed by atoms with van der Waals surface area (Å²) in [6.45, 7) is 0. The fourth-order valence-corrected chi connectivity index (χ4v) is 4.84. The molecule has 0 saturated carbocycles. The van der Waals surface area contributed by atoms with Crippen molar-refractivity contribution in [1.82, 2.24) is 10.3 Å². The number of pyridine rings is 1. The Bertz CT molecular complexity index is 1190. The Morgan fingerprint density at radius 2 is 2.08 bits per heavy atom. The molecule has 132 valence electrons. The number of carbonyl (C=O) groups excluding carboxylic acids is 1. The summed E-state index contributed by atoms with van der Waals surface area (Å²) in [6, 6.07) is 10.5. The third-order valence-electron chi connectivity index (χ3n) is 4.14. The summed E-state index contributed by atoms with van der Waals surface area (Å²) in [5, 5.41) is 6.35. The third kappa shape index (κ3) is 3.21. The van der Waals surface area contributed by atoms with Crippen molar-refractivity contribution < 1.29 is 13.2 Å². The number of sulfone groups is 1. The molecule has 0 radical (unpaired) electrons. The van der Waals surface area contributed by atoms with Crippen LogP contribution in [0.3, 0.4) is 0 Å². The lowest BCUT2D eigenvalue weighted by atomic mass is 10.1. The van der Waals surface area contributed by atoms with Crippen LogP contribution in [-0.4, -0.2) is 31.1 Å². The Labute approximate surface area is 153 Å². The molecule has 1 aliphatic rings. The van der Waals surface area contributed by atoms with Gasteiger partial charge in [0.2, 0.25) is 0 Å². The molecule has 8 heteroatoms. The first-order valence-corrected chi connectivity index (χ1v) is 10.4. The van der Waals surface area contributed by atoms with Gasteiger partial charge in [0.1, 0.15) is 5.56 Å². The SMILES string of the molecule is O=C(NC1C=CS(=O)(=O)C1)c1cc2ccc(-c3cccs3)cc2[nH]c1=O. The standard InChI is InChI=1S/C18H14N2O4S2/c21-17(19-13-5-7-26(23,24)10-13)14-8-11-3-4-12(16-2-1-6-25-16)9-15(11)20-18(14)22/h1-9,13H,10H2,(H,19,21)(H,20,22). The molecular formula is C18H14N2O4S2. The number of benzene rings is 1. The topological polar surface area (TPSA) is 96.1 Å². The van der Waals surface area contributed by atoms with Crippen LogP contribution in [0.25, 0.3) is 21.3 Å². The minimum absolute atomic E-state index is 0.0425. The number of rotatable bonds is 3. The predicted molar refractivity (Wildman–Crippen MR) is 102 cm³/mol. The second-order valence-electron chi connectivity index (χ2n) is 6.03. The number of hydrogen-bond donors (Lipinski definition) is 2. The van der Waals surface area contributed by atoms with Gasteiger partial charge in [0.25, 0.3) is 11.5 Å². The molecule has 3 aromatic rings. The lowest BCUT2D eigenvalue weighted by molar-refractivity contribution is 0.0946. The van der Waals surface area contributed by atoms with E-state index >= 15 is 0 Å². The normalized spacial score (nSPS) is 18.2. The van der Waals surface area contributed by atoms with E-state index in [-0.39, 0.29) is 11.3 Å². The molecule has 26 heavy (non-hydrogen) atoms. The molecule has 0 fully saturated rings. The molecule has 1 amide bonds. The Morgan fingerprint density at radius 3 is 2.77 bits per heavy atom. The van der Waals surface area contributed by atoms with Crippen molar-refractivity contribution in [2.45, 2.75) is 6.04 Å². The fraction of sp³-hybridized carbons (Fsp3) is 0.111. The van der Waals surface area contributed by atoms with Crippen LogP contribution in [0, 0.1) is 0 Å². The molecule has 0 bridgehead atoms. The maximum absolute atomic E-state index is 12.4. The van der Waals surface area contributed by atoms with Crippen molar-refractivity contribution in [1.29, 1.82) is 0 Å². The Balaban J connectivity index is 1.65. The van der Waals surface area contributed by atoms with Crippen molar-refractivity contribution >= 4 is 38.0 Å². The summed E-state index contributed by atoms with van der Waals surface area (Å²) in [7, 11) is -3.27. The van der Waals surface area contributed by atoms with Gasteiger partial charge in [-0.3, -0.25) is 9.59 Å². The average Bonchev–Trinajstić information content (AvgIpc) is 3.23. The molecule has 4 rings (SSSR count). The smallest absolute Gasteiger partial charge is 0.261 e. The van der Waals surface area contributed by atoms with Crippen LogP contribution < -0.4 is 10.9 Å². The van der Waals surface area contributed by atoms with E-state index in [0.29, 0.717) is 5.52 Å². The first-order valence-electron chi connectivity index (χ1n) is 7.84. The number of hydrogen-bond acceptors (Lipinski definition) is 5. The zero-order chi connectivity index (χ0) is 18.3. The molecule has 2 N–H and O–H groups in total. The molecule has 2 aromatic heterocycles. The van der Waals surface area contributed by atoms with Gasteiger partial charge in [-0.05, 0) is 40.6 Å². The van der Waals surface area contributed by atoms with Crippen LogP contribution in [0.5, 0.6) is 0 Å². The van der Waals surface area contributed by atoms with Crippen molar-refractivity contribution in [3.63, 3.8) is 0 Å². The van der Waals surface area contributed by atoms with Gasteiger partial charge in [-0.15, -0.1) is 11.3 Å². The molecule has 1 unspecified atom stereocenters. The van der Waals surface area contributed by atoms with Crippen molar-refractivity contribution in [3.05, 3.63) is 69.2 Å².